The van der Waals surface area contributed by atoms with Gasteiger partial charge in [-0.15, -0.1) is 0 Å². The molecule has 5 aromatic rings. The van der Waals surface area contributed by atoms with E-state index in [0.717, 1.165) is 33.3 Å². The van der Waals surface area contributed by atoms with Crippen LogP contribution in [0.25, 0.3) is 22.0 Å². The number of hydrogen-bond donors (Lipinski definition) is 2. The monoisotopic (exact) mass is 461 g/mol. The van der Waals surface area contributed by atoms with Crippen LogP contribution in [0.5, 0.6) is 11.5 Å². The first kappa shape index (κ1) is 21.9. The van der Waals surface area contributed by atoms with E-state index in [2.05, 4.69) is 9.97 Å². The van der Waals surface area contributed by atoms with Gasteiger partial charge in [0.2, 0.25) is 5.95 Å². The van der Waals surface area contributed by atoms with Crippen LogP contribution < -0.4 is 21.1 Å². The second kappa shape index (κ2) is 9.15. The highest BCUT2D eigenvalue weighted by atomic mass is 16.5. The molecule has 0 aliphatic carbocycles. The van der Waals surface area contributed by atoms with Crippen LogP contribution in [0.3, 0.4) is 0 Å². The number of nitrogen functional groups attached to an aromatic ring is 1. The Morgan fingerprint density at radius 1 is 0.857 bits per heavy atom. The first-order chi connectivity index (χ1) is 17.0. The molecule has 172 valence electrons. The van der Waals surface area contributed by atoms with Crippen LogP contribution in [0.15, 0.2) is 97.2 Å². The van der Waals surface area contributed by atoms with Crippen molar-refractivity contribution in [2.45, 2.75) is 6.92 Å². The Hall–Kier alpha value is -4.91. The average Bonchev–Trinajstić information content (AvgIpc) is 2.86. The Kier molecular flexibility index (Phi) is 5.73. The predicted molar refractivity (Wildman–Crippen MR) is 139 cm³/mol. The van der Waals surface area contributed by atoms with Crippen molar-refractivity contribution in [1.82, 2.24) is 9.97 Å². The molecule has 0 fully saturated rings. The number of anilines is 3. The number of ether oxygens (including phenoxy) is 1. The molecule has 0 saturated heterocycles. The molecule has 1 aromatic heterocycles. The molecule has 0 aliphatic rings. The number of aryl methyl sites for hydroxylation is 1. The second-order valence-electron chi connectivity index (χ2n) is 8.08. The minimum absolute atomic E-state index is 0.237. The first-order valence-corrected chi connectivity index (χ1v) is 11.0. The predicted octanol–water partition coefficient (Wildman–Crippen LogP) is 6.20. The van der Waals surface area contributed by atoms with Crippen molar-refractivity contribution in [2.24, 2.45) is 5.73 Å². The number of para-hydroxylation sites is 1. The van der Waals surface area contributed by atoms with Gasteiger partial charge in [-0.1, -0.05) is 30.3 Å². The van der Waals surface area contributed by atoms with Gasteiger partial charge in [0.1, 0.15) is 11.5 Å². The normalized spacial score (nSPS) is 10.8. The van der Waals surface area contributed by atoms with Gasteiger partial charge in [0, 0.05) is 11.6 Å². The highest BCUT2D eigenvalue weighted by Crippen LogP contribution is 2.34. The van der Waals surface area contributed by atoms with Crippen LogP contribution in [0.4, 0.5) is 22.1 Å². The highest BCUT2D eigenvalue weighted by molar-refractivity contribution is 5.99. The van der Waals surface area contributed by atoms with Gasteiger partial charge in [-0.25, -0.2) is 14.8 Å². The SMILES string of the molecule is Cc1ccc(N(C(N)=O)c2ccc(Oc3ccccc3)cc2)cc1-c1ccc2nc(N)ncc2c1. The zero-order valence-corrected chi connectivity index (χ0v) is 19.1. The Balaban J connectivity index is 1.48. The van der Waals surface area contributed by atoms with E-state index >= 15 is 0 Å². The molecule has 0 atom stereocenters. The summed E-state index contributed by atoms with van der Waals surface area (Å²) >= 11 is 0. The molecule has 0 radical (unpaired) electrons. The second-order valence-corrected chi connectivity index (χ2v) is 8.08. The summed E-state index contributed by atoms with van der Waals surface area (Å²) < 4.78 is 5.86. The lowest BCUT2D eigenvalue weighted by Gasteiger charge is -2.22. The van der Waals surface area contributed by atoms with Crippen molar-refractivity contribution in [1.29, 1.82) is 0 Å². The van der Waals surface area contributed by atoms with Crippen molar-refractivity contribution >= 4 is 34.3 Å². The van der Waals surface area contributed by atoms with E-state index in [1.54, 1.807) is 18.3 Å². The molecule has 0 bridgehead atoms. The minimum atomic E-state index is -0.584. The Bertz CT molecular complexity index is 1520. The number of nitrogens with two attached hydrogens (primary N) is 2. The summed E-state index contributed by atoms with van der Waals surface area (Å²) in [5.41, 5.74) is 16.6. The van der Waals surface area contributed by atoms with Crippen LogP contribution in [-0.2, 0) is 0 Å². The van der Waals surface area contributed by atoms with E-state index in [0.29, 0.717) is 17.1 Å². The van der Waals surface area contributed by atoms with Gasteiger partial charge in [0.15, 0.2) is 0 Å². The summed E-state index contributed by atoms with van der Waals surface area (Å²) in [4.78, 5) is 22.3. The zero-order chi connectivity index (χ0) is 24.4. The molecule has 5 rings (SSSR count). The van der Waals surface area contributed by atoms with Crippen LogP contribution in [0.1, 0.15) is 5.56 Å². The summed E-state index contributed by atoms with van der Waals surface area (Å²) in [6.45, 7) is 2.02. The number of benzene rings is 4. The van der Waals surface area contributed by atoms with Gasteiger partial charge in [0.05, 0.1) is 16.9 Å². The minimum Gasteiger partial charge on any atom is -0.457 e. The lowest BCUT2D eigenvalue weighted by molar-refractivity contribution is 0.256. The van der Waals surface area contributed by atoms with E-state index in [4.69, 9.17) is 16.2 Å². The Morgan fingerprint density at radius 3 is 2.31 bits per heavy atom. The Labute approximate surface area is 202 Å². The lowest BCUT2D eigenvalue weighted by atomic mass is 9.98. The molecule has 35 heavy (non-hydrogen) atoms. The molecule has 0 aliphatic heterocycles. The number of carbonyl (C=O) groups is 1. The number of aromatic nitrogens is 2. The number of amides is 2. The van der Waals surface area contributed by atoms with Gasteiger partial charge in [-0.3, -0.25) is 4.90 Å². The van der Waals surface area contributed by atoms with Crippen molar-refractivity contribution < 1.29 is 9.53 Å². The maximum absolute atomic E-state index is 12.5. The van der Waals surface area contributed by atoms with Crippen LogP contribution in [-0.4, -0.2) is 16.0 Å². The van der Waals surface area contributed by atoms with Crippen molar-refractivity contribution in [3.63, 3.8) is 0 Å². The van der Waals surface area contributed by atoms with Crippen LogP contribution >= 0.6 is 0 Å². The first-order valence-electron chi connectivity index (χ1n) is 11.0. The topological polar surface area (TPSA) is 107 Å². The van der Waals surface area contributed by atoms with Crippen molar-refractivity contribution in [3.8, 4) is 22.6 Å². The van der Waals surface area contributed by atoms with Gasteiger partial charge in [-0.2, -0.15) is 0 Å². The molecular weight excluding hydrogens is 438 g/mol. The fraction of sp³-hybridized carbons (Fsp3) is 0.0357. The van der Waals surface area contributed by atoms with E-state index in [1.807, 2.05) is 85.8 Å². The third-order valence-electron chi connectivity index (χ3n) is 5.68. The van der Waals surface area contributed by atoms with Crippen LogP contribution in [0, 0.1) is 6.92 Å². The van der Waals surface area contributed by atoms with E-state index in [1.165, 1.54) is 4.90 Å². The van der Waals surface area contributed by atoms with E-state index in [-0.39, 0.29) is 5.95 Å². The van der Waals surface area contributed by atoms with Gasteiger partial charge in [-0.05, 0) is 84.3 Å². The summed E-state index contributed by atoms with van der Waals surface area (Å²) in [5, 5.41) is 0.877. The third-order valence-corrected chi connectivity index (χ3v) is 5.68. The smallest absolute Gasteiger partial charge is 0.323 e. The standard InChI is InChI=1S/C28H23N5O2/c1-18-7-9-22(16-25(18)19-8-14-26-20(15-19)17-31-27(29)32-26)33(28(30)34)21-10-12-24(13-11-21)35-23-5-3-2-4-6-23/h2-17H,1H3,(H2,30,34)(H2,29,31,32). The number of carbonyl (C=O) groups excluding carboxylic acids is 1. The number of primary amides is 1. The molecule has 4 N–H and O–H groups in total. The third kappa shape index (κ3) is 4.60. The highest BCUT2D eigenvalue weighted by Gasteiger charge is 2.17. The largest absolute Gasteiger partial charge is 0.457 e. The van der Waals surface area contributed by atoms with Gasteiger partial charge in [0.25, 0.3) is 0 Å². The van der Waals surface area contributed by atoms with Gasteiger partial charge >= 0.3 is 6.03 Å². The molecule has 4 aromatic carbocycles. The lowest BCUT2D eigenvalue weighted by Crippen LogP contribution is -2.31. The van der Waals surface area contributed by atoms with Crippen molar-refractivity contribution in [2.75, 3.05) is 10.6 Å². The number of urea groups is 1. The zero-order valence-electron chi connectivity index (χ0n) is 19.1. The fourth-order valence-corrected chi connectivity index (χ4v) is 3.97. The van der Waals surface area contributed by atoms with Crippen molar-refractivity contribution in [3.05, 3.63) is 103 Å². The summed E-state index contributed by atoms with van der Waals surface area (Å²) in [5.74, 6) is 1.63. The summed E-state index contributed by atoms with van der Waals surface area (Å²) in [6, 6.07) is 27.8. The maximum atomic E-state index is 12.5. The number of hydrogen-bond acceptors (Lipinski definition) is 5. The molecule has 0 spiro atoms. The molecule has 0 saturated carbocycles. The van der Waals surface area contributed by atoms with Gasteiger partial charge < -0.3 is 16.2 Å². The molecule has 1 heterocycles. The summed E-state index contributed by atoms with van der Waals surface area (Å²) in [6.07, 6.45) is 1.70. The quantitative estimate of drug-likeness (QED) is 0.324. The number of fused-ring (bicyclic) bond motifs is 1. The summed E-state index contributed by atoms with van der Waals surface area (Å²) in [7, 11) is 0. The van der Waals surface area contributed by atoms with E-state index in [9.17, 15) is 4.79 Å². The molecular formula is C28H23N5O2. The Morgan fingerprint density at radius 2 is 1.57 bits per heavy atom. The fourth-order valence-electron chi connectivity index (χ4n) is 3.97. The number of rotatable bonds is 5. The van der Waals surface area contributed by atoms with E-state index < -0.39 is 6.03 Å². The molecule has 2 amide bonds. The molecule has 7 heteroatoms. The maximum Gasteiger partial charge on any atom is 0.323 e. The molecule has 7 nitrogen and oxygen atoms in total. The average molecular weight is 462 g/mol. The molecule has 0 unspecified atom stereocenters. The van der Waals surface area contributed by atoms with Crippen LogP contribution in [0.2, 0.25) is 0 Å². The number of nitrogens with zero attached hydrogens (tertiary/aromatic N) is 3.